The molecule has 0 saturated heterocycles. The van der Waals surface area contributed by atoms with Gasteiger partial charge in [0.25, 0.3) is 0 Å². The fraction of sp³-hybridized carbons (Fsp3) is 0.542. The number of amides is 1. The van der Waals surface area contributed by atoms with E-state index in [1.165, 1.54) is 7.11 Å². The van der Waals surface area contributed by atoms with Crippen molar-refractivity contribution in [2.45, 2.75) is 77.9 Å². The first-order valence-electron chi connectivity index (χ1n) is 10.9. The molecule has 1 atom stereocenters. The van der Waals surface area contributed by atoms with Gasteiger partial charge in [-0.05, 0) is 45.6 Å². The maximum Gasteiger partial charge on any atom is 0.340 e. The minimum Gasteiger partial charge on any atom is -0.496 e. The van der Waals surface area contributed by atoms with Crippen LogP contribution < -0.4 is 20.4 Å². The monoisotopic (exact) mass is 445 g/mol. The molecule has 8 heteroatoms. The highest BCUT2D eigenvalue weighted by molar-refractivity contribution is 5.93. The van der Waals surface area contributed by atoms with E-state index in [0.717, 1.165) is 18.4 Å². The van der Waals surface area contributed by atoms with Crippen LogP contribution in [0.1, 0.15) is 63.1 Å². The first-order valence-corrected chi connectivity index (χ1v) is 10.9. The van der Waals surface area contributed by atoms with Crippen LogP contribution in [0.3, 0.4) is 0 Å². The Hall–Kier alpha value is -3.03. The summed E-state index contributed by atoms with van der Waals surface area (Å²) in [7, 11) is 1.53. The highest BCUT2D eigenvalue weighted by atomic mass is 16.5. The lowest BCUT2D eigenvalue weighted by Crippen LogP contribution is -2.42. The standard InChI is InChI=1S/C24H31NO7/c1-6-7-8-16(22(27)28)25-19(26)11-15-13(2)20-18(30-5)12-17-14(21(20)31-23(15)29)9-10-24(3,4)32-17/h12,16H,6-11H2,1-5H3,(H,25,26)(H,27,28)/t16-/m1/s1. The number of fused-ring (bicyclic) bond motifs is 3. The topological polar surface area (TPSA) is 115 Å². The maximum atomic E-state index is 12.8. The van der Waals surface area contributed by atoms with Gasteiger partial charge in [-0.1, -0.05) is 19.8 Å². The average Bonchev–Trinajstić information content (AvgIpc) is 2.72. The van der Waals surface area contributed by atoms with Crippen molar-refractivity contribution < 1.29 is 28.6 Å². The molecular weight excluding hydrogens is 414 g/mol. The second-order valence-electron chi connectivity index (χ2n) is 8.89. The van der Waals surface area contributed by atoms with Gasteiger partial charge < -0.3 is 24.3 Å². The zero-order valence-corrected chi connectivity index (χ0v) is 19.3. The molecule has 1 aromatic carbocycles. The molecule has 0 fully saturated rings. The van der Waals surface area contributed by atoms with Gasteiger partial charge in [0.15, 0.2) is 0 Å². The van der Waals surface area contributed by atoms with Gasteiger partial charge in [-0.25, -0.2) is 9.59 Å². The summed E-state index contributed by atoms with van der Waals surface area (Å²) in [6, 6.07) is 0.804. The van der Waals surface area contributed by atoms with Gasteiger partial charge >= 0.3 is 11.6 Å². The molecular formula is C24H31NO7. The molecule has 1 aromatic heterocycles. The molecule has 0 bridgehead atoms. The number of carbonyl (C=O) groups is 2. The van der Waals surface area contributed by atoms with Crippen LogP contribution in [0.25, 0.3) is 11.0 Å². The van der Waals surface area contributed by atoms with Gasteiger partial charge in [0.05, 0.1) is 24.5 Å². The van der Waals surface area contributed by atoms with Crippen molar-refractivity contribution in [2.24, 2.45) is 0 Å². The highest BCUT2D eigenvalue weighted by Gasteiger charge is 2.31. The number of carbonyl (C=O) groups excluding carboxylic acids is 1. The second kappa shape index (κ2) is 9.22. The van der Waals surface area contributed by atoms with E-state index in [0.29, 0.717) is 47.3 Å². The van der Waals surface area contributed by atoms with E-state index in [-0.39, 0.29) is 17.6 Å². The van der Waals surface area contributed by atoms with E-state index in [2.05, 4.69) is 5.32 Å². The molecule has 2 aromatic rings. The number of aliphatic carboxylic acids is 1. The Kier molecular flexibility index (Phi) is 6.81. The lowest BCUT2D eigenvalue weighted by Gasteiger charge is -2.33. The van der Waals surface area contributed by atoms with Crippen molar-refractivity contribution >= 4 is 22.8 Å². The lowest BCUT2D eigenvalue weighted by molar-refractivity contribution is -0.142. The number of rotatable bonds is 8. The molecule has 1 aliphatic rings. The van der Waals surface area contributed by atoms with E-state index in [4.69, 9.17) is 13.9 Å². The summed E-state index contributed by atoms with van der Waals surface area (Å²) in [4.78, 5) is 36.9. The number of ether oxygens (including phenoxy) is 2. The molecule has 2 N–H and O–H groups in total. The number of carboxylic acids is 1. The molecule has 0 unspecified atom stereocenters. The first-order chi connectivity index (χ1) is 15.1. The summed E-state index contributed by atoms with van der Waals surface area (Å²) in [5, 5.41) is 12.5. The molecule has 0 aliphatic carbocycles. The Bertz CT molecular complexity index is 1100. The van der Waals surface area contributed by atoms with Crippen LogP contribution in [0.15, 0.2) is 15.3 Å². The van der Waals surface area contributed by atoms with Crippen molar-refractivity contribution in [1.82, 2.24) is 5.32 Å². The first kappa shape index (κ1) is 23.6. The van der Waals surface area contributed by atoms with E-state index < -0.39 is 23.5 Å². The number of benzene rings is 1. The van der Waals surface area contributed by atoms with Crippen LogP contribution in [-0.2, 0) is 22.4 Å². The molecule has 2 heterocycles. The van der Waals surface area contributed by atoms with Gasteiger partial charge in [0, 0.05) is 11.6 Å². The Balaban J connectivity index is 2.00. The molecule has 0 radical (unpaired) electrons. The molecule has 8 nitrogen and oxygen atoms in total. The van der Waals surface area contributed by atoms with Gasteiger partial charge in [0.2, 0.25) is 5.91 Å². The average molecular weight is 446 g/mol. The molecule has 0 spiro atoms. The van der Waals surface area contributed by atoms with Crippen LogP contribution in [-0.4, -0.2) is 35.7 Å². The van der Waals surface area contributed by atoms with Crippen molar-refractivity contribution in [3.05, 3.63) is 33.2 Å². The number of aryl methyl sites for hydroxylation is 2. The van der Waals surface area contributed by atoms with E-state index in [1.807, 2.05) is 20.8 Å². The highest BCUT2D eigenvalue weighted by Crippen LogP contribution is 2.43. The number of hydrogen-bond donors (Lipinski definition) is 2. The summed E-state index contributed by atoms with van der Waals surface area (Å²) in [6.07, 6.45) is 3.00. The fourth-order valence-corrected chi connectivity index (χ4v) is 4.12. The van der Waals surface area contributed by atoms with Crippen molar-refractivity contribution in [3.63, 3.8) is 0 Å². The zero-order valence-electron chi connectivity index (χ0n) is 19.3. The van der Waals surface area contributed by atoms with Gasteiger partial charge in [0.1, 0.15) is 28.7 Å². The summed E-state index contributed by atoms with van der Waals surface area (Å²) >= 11 is 0. The quantitative estimate of drug-likeness (QED) is 0.598. The van der Waals surface area contributed by atoms with E-state index in [9.17, 15) is 19.5 Å². The van der Waals surface area contributed by atoms with Gasteiger partial charge in [-0.2, -0.15) is 0 Å². The van der Waals surface area contributed by atoms with Crippen LogP contribution in [0.2, 0.25) is 0 Å². The van der Waals surface area contributed by atoms with Crippen molar-refractivity contribution in [1.29, 1.82) is 0 Å². The Morgan fingerprint density at radius 3 is 2.69 bits per heavy atom. The zero-order chi connectivity index (χ0) is 23.6. The number of hydrogen-bond acceptors (Lipinski definition) is 6. The van der Waals surface area contributed by atoms with E-state index >= 15 is 0 Å². The largest absolute Gasteiger partial charge is 0.496 e. The molecule has 1 amide bonds. The molecule has 174 valence electrons. The summed E-state index contributed by atoms with van der Waals surface area (Å²) in [6.45, 7) is 7.69. The second-order valence-corrected chi connectivity index (χ2v) is 8.89. The van der Waals surface area contributed by atoms with Crippen molar-refractivity contribution in [2.75, 3.05) is 7.11 Å². The number of nitrogens with one attached hydrogen (secondary N) is 1. The molecule has 0 saturated carbocycles. The third-order valence-electron chi connectivity index (χ3n) is 5.98. The van der Waals surface area contributed by atoms with Gasteiger partial charge in [-0.15, -0.1) is 0 Å². The minimum absolute atomic E-state index is 0.185. The third-order valence-corrected chi connectivity index (χ3v) is 5.98. The Morgan fingerprint density at radius 1 is 1.34 bits per heavy atom. The SMILES string of the molecule is CCCC[C@@H](NC(=O)Cc1c(C)c2c(OC)cc3c(c2oc1=O)CCC(C)(C)O3)C(=O)O. The van der Waals surface area contributed by atoms with Crippen LogP contribution in [0.4, 0.5) is 0 Å². The Labute approximate surface area is 186 Å². The van der Waals surface area contributed by atoms with E-state index in [1.54, 1.807) is 13.0 Å². The predicted octanol–water partition coefficient (Wildman–Crippen LogP) is 3.52. The summed E-state index contributed by atoms with van der Waals surface area (Å²) < 4.78 is 17.3. The number of carboxylic acid groups (broad SMARTS) is 1. The maximum absolute atomic E-state index is 12.8. The lowest BCUT2D eigenvalue weighted by atomic mass is 9.91. The fourth-order valence-electron chi connectivity index (χ4n) is 4.12. The summed E-state index contributed by atoms with van der Waals surface area (Å²) in [5.74, 6) is -0.514. The van der Waals surface area contributed by atoms with Crippen LogP contribution in [0, 0.1) is 6.92 Å². The van der Waals surface area contributed by atoms with Crippen molar-refractivity contribution in [3.8, 4) is 11.5 Å². The van der Waals surface area contributed by atoms with Crippen LogP contribution >= 0.6 is 0 Å². The number of unbranched alkanes of at least 4 members (excludes halogenated alkanes) is 1. The molecule has 3 rings (SSSR count). The minimum atomic E-state index is -1.09. The summed E-state index contributed by atoms with van der Waals surface area (Å²) in [5.41, 5.74) is 1.03. The van der Waals surface area contributed by atoms with Gasteiger partial charge in [-0.3, -0.25) is 4.79 Å². The third kappa shape index (κ3) is 4.74. The van der Waals surface area contributed by atoms with Crippen LogP contribution in [0.5, 0.6) is 11.5 Å². The predicted molar refractivity (Wildman–Crippen MR) is 120 cm³/mol. The smallest absolute Gasteiger partial charge is 0.340 e. The Morgan fingerprint density at radius 2 is 2.06 bits per heavy atom. The number of methoxy groups -OCH3 is 1. The molecule has 32 heavy (non-hydrogen) atoms. The molecule has 1 aliphatic heterocycles. The normalized spacial score (nSPS) is 15.5.